The molecule has 0 radical (unpaired) electrons. The van der Waals surface area contributed by atoms with Crippen LogP contribution in [0.25, 0.3) is 6.08 Å². The summed E-state index contributed by atoms with van der Waals surface area (Å²) in [5.74, 6) is 0.852. The average Bonchev–Trinajstić information content (AvgIpc) is 3.08. The molecule has 1 aliphatic heterocycles. The number of hydrogen-bond acceptors (Lipinski definition) is 8. The Morgan fingerprint density at radius 2 is 2.00 bits per heavy atom. The number of thioether (sulfide) groups is 1. The van der Waals surface area contributed by atoms with Gasteiger partial charge < -0.3 is 9.47 Å². The Kier molecular flexibility index (Phi) is 6.90. The van der Waals surface area contributed by atoms with Crippen LogP contribution in [0.4, 0.5) is 11.4 Å². The largest absolute Gasteiger partial charge is 0.490 e. The number of rotatable bonds is 7. The Labute approximate surface area is 205 Å². The number of thiocarbonyl (C=S) groups is 1. The fourth-order valence-corrected chi connectivity index (χ4v) is 4.53. The number of pyridine rings is 1. The standard InChI is InChI=1S/C24H19N3O5S2/c1-3-31-20-12-16(7-9-19(20)32-22-10-8-18(14-25-22)27(29)30)13-21-23(28)26(24(33)34-21)17-6-4-5-15(2)11-17/h4-14H,3H2,1-2H3/b21-13+. The molecule has 172 valence electrons. The van der Waals surface area contributed by atoms with Gasteiger partial charge in [-0.25, -0.2) is 4.98 Å². The monoisotopic (exact) mass is 493 g/mol. The number of nitro groups is 1. The number of carbonyl (C=O) groups is 1. The van der Waals surface area contributed by atoms with Gasteiger partial charge in [0.25, 0.3) is 11.6 Å². The Hall–Kier alpha value is -3.76. The maximum Gasteiger partial charge on any atom is 0.287 e. The van der Waals surface area contributed by atoms with Crippen molar-refractivity contribution in [3.63, 3.8) is 0 Å². The highest BCUT2D eigenvalue weighted by Gasteiger charge is 2.33. The summed E-state index contributed by atoms with van der Waals surface area (Å²) < 4.78 is 11.9. The Morgan fingerprint density at radius 1 is 1.18 bits per heavy atom. The molecule has 34 heavy (non-hydrogen) atoms. The molecule has 8 nitrogen and oxygen atoms in total. The highest BCUT2D eigenvalue weighted by atomic mass is 32.2. The highest BCUT2D eigenvalue weighted by molar-refractivity contribution is 8.27. The van der Waals surface area contributed by atoms with Crippen LogP contribution in [0, 0.1) is 17.0 Å². The molecule has 10 heteroatoms. The summed E-state index contributed by atoms with van der Waals surface area (Å²) in [6, 6.07) is 15.6. The topological polar surface area (TPSA) is 94.8 Å². The van der Waals surface area contributed by atoms with Crippen LogP contribution in [0.15, 0.2) is 65.7 Å². The zero-order valence-corrected chi connectivity index (χ0v) is 19.9. The molecule has 4 rings (SSSR count). The second-order valence-corrected chi connectivity index (χ2v) is 8.88. The summed E-state index contributed by atoms with van der Waals surface area (Å²) in [4.78, 5) is 29.3. The molecule has 1 aliphatic rings. The molecular weight excluding hydrogens is 474 g/mol. The van der Waals surface area contributed by atoms with Gasteiger partial charge in [-0.2, -0.15) is 0 Å². The summed E-state index contributed by atoms with van der Waals surface area (Å²) in [7, 11) is 0. The van der Waals surface area contributed by atoms with Crippen LogP contribution in [0.1, 0.15) is 18.1 Å². The van der Waals surface area contributed by atoms with Crippen LogP contribution in [-0.2, 0) is 4.79 Å². The molecule has 1 amide bonds. The zero-order chi connectivity index (χ0) is 24.2. The molecule has 2 aromatic carbocycles. The first-order valence-corrected chi connectivity index (χ1v) is 11.5. The van der Waals surface area contributed by atoms with Crippen LogP contribution in [-0.4, -0.2) is 26.7 Å². The minimum absolute atomic E-state index is 0.129. The van der Waals surface area contributed by atoms with E-state index in [0.717, 1.165) is 23.0 Å². The van der Waals surface area contributed by atoms with Crippen molar-refractivity contribution in [2.45, 2.75) is 13.8 Å². The molecule has 1 saturated heterocycles. The number of ether oxygens (including phenoxy) is 2. The van der Waals surface area contributed by atoms with Gasteiger partial charge in [0.2, 0.25) is 5.88 Å². The second-order valence-electron chi connectivity index (χ2n) is 7.21. The van der Waals surface area contributed by atoms with Crippen LogP contribution in [0.3, 0.4) is 0 Å². The summed E-state index contributed by atoms with van der Waals surface area (Å²) in [6.45, 7) is 4.19. The van der Waals surface area contributed by atoms with Gasteiger partial charge >= 0.3 is 0 Å². The normalized spacial score (nSPS) is 14.5. The number of anilines is 1. The zero-order valence-electron chi connectivity index (χ0n) is 18.3. The van der Waals surface area contributed by atoms with Crippen molar-refractivity contribution >= 4 is 51.7 Å². The molecule has 0 atom stereocenters. The second kappa shape index (κ2) is 10.0. The molecule has 0 N–H and O–H groups in total. The lowest BCUT2D eigenvalue weighted by Gasteiger charge is -2.15. The van der Waals surface area contributed by atoms with Crippen LogP contribution >= 0.6 is 24.0 Å². The van der Waals surface area contributed by atoms with Gasteiger partial charge in [0.1, 0.15) is 6.20 Å². The number of carbonyl (C=O) groups excluding carboxylic acids is 1. The lowest BCUT2D eigenvalue weighted by atomic mass is 10.1. The van der Waals surface area contributed by atoms with Gasteiger partial charge in [-0.15, -0.1) is 0 Å². The minimum atomic E-state index is -0.529. The maximum atomic E-state index is 13.1. The van der Waals surface area contributed by atoms with Crippen LogP contribution in [0.2, 0.25) is 0 Å². The first-order valence-electron chi connectivity index (χ1n) is 10.3. The highest BCUT2D eigenvalue weighted by Crippen LogP contribution is 2.38. The van der Waals surface area contributed by atoms with Gasteiger partial charge in [-0.05, 0) is 55.3 Å². The van der Waals surface area contributed by atoms with Gasteiger partial charge in [0, 0.05) is 12.1 Å². The molecule has 2 heterocycles. The number of aryl methyl sites for hydroxylation is 1. The lowest BCUT2D eigenvalue weighted by molar-refractivity contribution is -0.385. The molecule has 0 saturated carbocycles. The third-order valence-corrected chi connectivity index (χ3v) is 6.07. The smallest absolute Gasteiger partial charge is 0.287 e. The third kappa shape index (κ3) is 5.08. The SMILES string of the molecule is CCOc1cc(/C=C2/SC(=S)N(c3cccc(C)c3)C2=O)ccc1Oc1ccc([N+](=O)[O-])cn1. The number of nitrogens with zero attached hydrogens (tertiary/aromatic N) is 3. The first-order chi connectivity index (χ1) is 16.4. The number of aromatic nitrogens is 1. The van der Waals surface area contributed by atoms with Gasteiger partial charge in [-0.1, -0.05) is 42.2 Å². The first kappa shape index (κ1) is 23.4. The Balaban J connectivity index is 1.59. The summed E-state index contributed by atoms with van der Waals surface area (Å²) in [5.41, 5.74) is 2.38. The fraction of sp³-hybridized carbons (Fsp3) is 0.125. The van der Waals surface area contributed by atoms with Crippen LogP contribution in [0.5, 0.6) is 17.4 Å². The van der Waals surface area contributed by atoms with E-state index in [-0.39, 0.29) is 17.5 Å². The summed E-state index contributed by atoms with van der Waals surface area (Å²) in [6.07, 6.45) is 2.88. The minimum Gasteiger partial charge on any atom is -0.490 e. The lowest BCUT2D eigenvalue weighted by Crippen LogP contribution is -2.27. The maximum absolute atomic E-state index is 13.1. The molecule has 0 bridgehead atoms. The van der Waals surface area contributed by atoms with Crippen molar-refractivity contribution in [1.29, 1.82) is 0 Å². The van der Waals surface area contributed by atoms with Crippen molar-refractivity contribution in [1.82, 2.24) is 4.98 Å². The van der Waals surface area contributed by atoms with Gasteiger partial charge in [-0.3, -0.25) is 19.8 Å². The molecule has 1 aromatic heterocycles. The van der Waals surface area contributed by atoms with Crippen LogP contribution < -0.4 is 14.4 Å². The van der Waals surface area contributed by atoms with Crippen molar-refractivity contribution in [2.75, 3.05) is 11.5 Å². The number of benzene rings is 2. The van der Waals surface area contributed by atoms with E-state index in [1.807, 2.05) is 38.1 Å². The number of amides is 1. The Morgan fingerprint density at radius 3 is 2.68 bits per heavy atom. The van der Waals surface area contributed by atoms with Gasteiger partial charge in [0.05, 0.1) is 22.1 Å². The molecule has 3 aromatic rings. The Bertz CT molecular complexity index is 1310. The van der Waals surface area contributed by atoms with Crippen molar-refractivity contribution < 1.29 is 19.2 Å². The predicted molar refractivity (Wildman–Crippen MR) is 135 cm³/mol. The predicted octanol–water partition coefficient (Wildman–Crippen LogP) is 5.90. The molecular formula is C24H19N3O5S2. The summed E-state index contributed by atoms with van der Waals surface area (Å²) in [5, 5.41) is 10.8. The van der Waals surface area contributed by atoms with Crippen molar-refractivity contribution in [2.24, 2.45) is 0 Å². The van der Waals surface area contributed by atoms with E-state index < -0.39 is 4.92 Å². The van der Waals surface area contributed by atoms with E-state index in [2.05, 4.69) is 4.98 Å². The van der Waals surface area contributed by atoms with E-state index in [0.29, 0.717) is 27.3 Å². The van der Waals surface area contributed by atoms with E-state index in [9.17, 15) is 14.9 Å². The molecule has 1 fully saturated rings. The molecule has 0 spiro atoms. The van der Waals surface area contributed by atoms with E-state index in [4.69, 9.17) is 21.7 Å². The third-order valence-electron chi connectivity index (χ3n) is 4.77. The average molecular weight is 494 g/mol. The van der Waals surface area contributed by atoms with Crippen molar-refractivity contribution in [3.05, 3.63) is 86.9 Å². The van der Waals surface area contributed by atoms with E-state index >= 15 is 0 Å². The molecule has 0 unspecified atom stereocenters. The summed E-state index contributed by atoms with van der Waals surface area (Å²) >= 11 is 6.69. The number of hydrogen-bond donors (Lipinski definition) is 0. The van der Waals surface area contributed by atoms with E-state index in [1.165, 1.54) is 28.8 Å². The quantitative estimate of drug-likeness (QED) is 0.174. The molecule has 0 aliphatic carbocycles. The van der Waals surface area contributed by atoms with Crippen molar-refractivity contribution in [3.8, 4) is 17.4 Å². The van der Waals surface area contributed by atoms with E-state index in [1.54, 1.807) is 24.3 Å². The fourth-order valence-electron chi connectivity index (χ4n) is 3.23. The van der Waals surface area contributed by atoms with Gasteiger partial charge in [0.15, 0.2) is 15.8 Å².